The summed E-state index contributed by atoms with van der Waals surface area (Å²) < 4.78 is 0. The molecule has 2 aliphatic heterocycles. The molecule has 2 nitrogen and oxygen atoms in total. The summed E-state index contributed by atoms with van der Waals surface area (Å²) in [6.07, 6.45) is 1.14. The minimum Gasteiger partial charge on any atom is -0.356 e. The zero-order valence-corrected chi connectivity index (χ0v) is 13.1. The number of aromatic nitrogens is 1. The fraction of sp³-hybridized carbons (Fsp3) is 0.300. The lowest BCUT2D eigenvalue weighted by Crippen LogP contribution is -2.44. The van der Waals surface area contributed by atoms with Crippen LogP contribution < -0.4 is 0 Å². The maximum absolute atomic E-state index is 3.75. The number of nitrogens with one attached hydrogen (secondary N) is 1. The molecule has 3 aromatic rings. The molecule has 110 valence electrons. The first-order valence-corrected chi connectivity index (χ1v) is 8.13. The monoisotopic (exact) mass is 288 g/mol. The largest absolute Gasteiger partial charge is 0.356 e. The van der Waals surface area contributed by atoms with Gasteiger partial charge in [-0.3, -0.25) is 4.90 Å². The van der Waals surface area contributed by atoms with Gasteiger partial charge in [0.1, 0.15) is 0 Å². The Bertz CT molecular complexity index is 905. The molecule has 0 amide bonds. The van der Waals surface area contributed by atoms with E-state index in [-0.39, 0.29) is 5.54 Å². The molecule has 0 bridgehead atoms. The molecule has 2 aromatic carbocycles. The third kappa shape index (κ3) is 1.39. The van der Waals surface area contributed by atoms with Gasteiger partial charge in [0.25, 0.3) is 0 Å². The molecule has 0 radical (unpaired) electrons. The predicted octanol–water partition coefficient (Wildman–Crippen LogP) is 4.11. The first-order chi connectivity index (χ1) is 10.7. The lowest BCUT2D eigenvalue weighted by Gasteiger charge is -2.40. The molecule has 1 atom stereocenters. The van der Waals surface area contributed by atoms with E-state index in [1.807, 2.05) is 0 Å². The van der Waals surface area contributed by atoms with Gasteiger partial charge in [-0.05, 0) is 43.0 Å². The van der Waals surface area contributed by atoms with E-state index in [1.165, 1.54) is 38.9 Å². The predicted molar refractivity (Wildman–Crippen MR) is 90.0 cm³/mol. The summed E-state index contributed by atoms with van der Waals surface area (Å²) >= 11 is 0. The van der Waals surface area contributed by atoms with Crippen LogP contribution in [0.1, 0.15) is 34.9 Å². The Balaban J connectivity index is 1.84. The lowest BCUT2D eigenvalue weighted by atomic mass is 9.82. The number of nitrogens with zero attached hydrogens (tertiary/aromatic N) is 1. The number of H-pyrrole nitrogens is 1. The number of fused-ring (bicyclic) bond motifs is 7. The minimum atomic E-state index is -0.00600. The molecular formula is C20H20N2. The fourth-order valence-electron chi connectivity index (χ4n) is 4.53. The van der Waals surface area contributed by atoms with E-state index in [2.05, 4.69) is 66.2 Å². The van der Waals surface area contributed by atoms with Crippen LogP contribution in [0.3, 0.4) is 0 Å². The molecule has 22 heavy (non-hydrogen) atoms. The van der Waals surface area contributed by atoms with E-state index in [0.717, 1.165) is 19.5 Å². The third-order valence-electron chi connectivity index (χ3n) is 5.72. The number of rotatable bonds is 0. The van der Waals surface area contributed by atoms with Gasteiger partial charge in [-0.15, -0.1) is 0 Å². The second-order valence-corrected chi connectivity index (χ2v) is 6.93. The Morgan fingerprint density at radius 3 is 2.91 bits per heavy atom. The highest BCUT2D eigenvalue weighted by molar-refractivity contribution is 5.85. The van der Waals surface area contributed by atoms with Gasteiger partial charge in [-0.25, -0.2) is 0 Å². The fourth-order valence-corrected chi connectivity index (χ4v) is 4.53. The molecule has 1 aromatic heterocycles. The Kier molecular flexibility index (Phi) is 2.28. The van der Waals surface area contributed by atoms with E-state index >= 15 is 0 Å². The molecule has 0 spiro atoms. The maximum atomic E-state index is 3.75. The van der Waals surface area contributed by atoms with Crippen LogP contribution in [0.2, 0.25) is 0 Å². The summed E-state index contributed by atoms with van der Waals surface area (Å²) in [5, 5.41) is 1.40. The molecule has 2 aliphatic rings. The molecule has 0 saturated heterocycles. The molecule has 2 heteroatoms. The Labute approximate surface area is 130 Å². The quantitative estimate of drug-likeness (QED) is 0.659. The van der Waals surface area contributed by atoms with Crippen LogP contribution in [-0.4, -0.2) is 16.4 Å². The van der Waals surface area contributed by atoms with Gasteiger partial charge >= 0.3 is 0 Å². The van der Waals surface area contributed by atoms with Crippen molar-refractivity contribution < 1.29 is 0 Å². The van der Waals surface area contributed by atoms with E-state index in [0.29, 0.717) is 0 Å². The van der Waals surface area contributed by atoms with Crippen molar-refractivity contribution in [2.45, 2.75) is 32.4 Å². The molecule has 0 aliphatic carbocycles. The zero-order valence-electron chi connectivity index (χ0n) is 13.1. The van der Waals surface area contributed by atoms with Gasteiger partial charge in [0.05, 0.1) is 5.54 Å². The minimum absolute atomic E-state index is 0.00600. The van der Waals surface area contributed by atoms with Crippen molar-refractivity contribution in [1.82, 2.24) is 9.88 Å². The van der Waals surface area contributed by atoms with Gasteiger partial charge in [0.15, 0.2) is 0 Å². The average molecular weight is 288 g/mol. The molecule has 1 N–H and O–H groups in total. The van der Waals surface area contributed by atoms with E-state index in [9.17, 15) is 0 Å². The van der Waals surface area contributed by atoms with Gasteiger partial charge in [-0.1, -0.05) is 42.0 Å². The van der Waals surface area contributed by atoms with E-state index in [4.69, 9.17) is 0 Å². The second-order valence-electron chi connectivity index (χ2n) is 6.93. The first kappa shape index (κ1) is 12.5. The standard InChI is InChI=1S/C20H20N2/c1-13-7-8-14-12-22-10-9-16-15-5-3-4-6-18(15)21-19(16)20(22,2)17(14)11-13/h3-8,11,21H,9-10,12H2,1-2H3. The zero-order chi connectivity index (χ0) is 14.9. The SMILES string of the molecule is Cc1ccc2c(c1)C1(C)c3[nH]c4ccccc4c3CCN1C2. The Morgan fingerprint density at radius 1 is 1.14 bits per heavy atom. The van der Waals surface area contributed by atoms with Crippen LogP contribution in [0.5, 0.6) is 0 Å². The van der Waals surface area contributed by atoms with Crippen LogP contribution in [-0.2, 0) is 18.5 Å². The smallest absolute Gasteiger partial charge is 0.0847 e. The Hall–Kier alpha value is -2.06. The van der Waals surface area contributed by atoms with Crippen molar-refractivity contribution in [1.29, 1.82) is 0 Å². The highest BCUT2D eigenvalue weighted by atomic mass is 15.2. The maximum Gasteiger partial charge on any atom is 0.0847 e. The molecule has 5 rings (SSSR count). The number of aromatic amines is 1. The number of para-hydroxylation sites is 1. The number of hydrogen-bond donors (Lipinski definition) is 1. The number of benzene rings is 2. The van der Waals surface area contributed by atoms with Crippen LogP contribution >= 0.6 is 0 Å². The van der Waals surface area contributed by atoms with Crippen LogP contribution in [0.4, 0.5) is 0 Å². The van der Waals surface area contributed by atoms with Crippen molar-refractivity contribution >= 4 is 10.9 Å². The normalized spacial score (nSPS) is 23.4. The summed E-state index contributed by atoms with van der Waals surface area (Å²) in [6, 6.07) is 15.7. The Morgan fingerprint density at radius 2 is 2.00 bits per heavy atom. The highest BCUT2D eigenvalue weighted by Gasteiger charge is 2.47. The van der Waals surface area contributed by atoms with Crippen LogP contribution in [0.15, 0.2) is 42.5 Å². The van der Waals surface area contributed by atoms with Crippen molar-refractivity contribution in [2.75, 3.05) is 6.54 Å². The summed E-state index contributed by atoms with van der Waals surface area (Å²) in [5.41, 5.74) is 8.52. The summed E-state index contributed by atoms with van der Waals surface area (Å²) in [4.78, 5) is 6.38. The van der Waals surface area contributed by atoms with Crippen LogP contribution in [0, 0.1) is 6.92 Å². The first-order valence-electron chi connectivity index (χ1n) is 8.13. The summed E-state index contributed by atoms with van der Waals surface area (Å²) in [7, 11) is 0. The van der Waals surface area contributed by atoms with E-state index < -0.39 is 0 Å². The lowest BCUT2D eigenvalue weighted by molar-refractivity contribution is 0.141. The van der Waals surface area contributed by atoms with Gasteiger partial charge in [-0.2, -0.15) is 0 Å². The number of hydrogen-bond acceptors (Lipinski definition) is 1. The van der Waals surface area contributed by atoms with Gasteiger partial charge < -0.3 is 4.98 Å². The average Bonchev–Trinajstić information content (AvgIpc) is 3.04. The van der Waals surface area contributed by atoms with Crippen LogP contribution in [0.25, 0.3) is 10.9 Å². The molecule has 0 fully saturated rings. The van der Waals surface area contributed by atoms with Crippen molar-refractivity contribution in [3.63, 3.8) is 0 Å². The van der Waals surface area contributed by atoms with Crippen molar-refractivity contribution in [3.8, 4) is 0 Å². The summed E-state index contributed by atoms with van der Waals surface area (Å²) in [6.45, 7) is 6.80. The van der Waals surface area contributed by atoms with E-state index in [1.54, 1.807) is 0 Å². The summed E-state index contributed by atoms with van der Waals surface area (Å²) in [5.74, 6) is 0. The molecule has 1 unspecified atom stereocenters. The van der Waals surface area contributed by atoms with Gasteiger partial charge in [0.2, 0.25) is 0 Å². The molecule has 0 saturated carbocycles. The van der Waals surface area contributed by atoms with Crippen molar-refractivity contribution in [3.05, 3.63) is 70.4 Å². The molecule has 3 heterocycles. The highest BCUT2D eigenvalue weighted by Crippen LogP contribution is 2.48. The molecular weight excluding hydrogens is 268 g/mol. The van der Waals surface area contributed by atoms with Crippen molar-refractivity contribution in [2.24, 2.45) is 0 Å². The second kappa shape index (κ2) is 4.02. The number of aryl methyl sites for hydroxylation is 1. The van der Waals surface area contributed by atoms with Gasteiger partial charge in [0, 0.05) is 29.7 Å². The third-order valence-corrected chi connectivity index (χ3v) is 5.72. The topological polar surface area (TPSA) is 19.0 Å².